The van der Waals surface area contributed by atoms with Gasteiger partial charge in [0.05, 0.1) is 37.7 Å². The van der Waals surface area contributed by atoms with Gasteiger partial charge in [0.15, 0.2) is 0 Å². The molecule has 0 fully saturated rings. The van der Waals surface area contributed by atoms with Crippen LogP contribution in [0.2, 0.25) is 19.6 Å². The molecule has 0 N–H and O–H groups in total. The number of hydrogen-bond donors (Lipinski definition) is 0. The molecule has 3 aliphatic carbocycles. The lowest BCUT2D eigenvalue weighted by molar-refractivity contribution is -0.144. The molecule has 2 bridgehead atoms. The number of ether oxygens (including phenoxy) is 3. The van der Waals surface area contributed by atoms with Gasteiger partial charge in [-0.2, -0.15) is 0 Å². The predicted octanol–water partition coefficient (Wildman–Crippen LogP) is 3.74. The van der Waals surface area contributed by atoms with E-state index in [1.165, 1.54) is 14.2 Å². The molecule has 2 unspecified atom stereocenters. The van der Waals surface area contributed by atoms with E-state index in [9.17, 15) is 9.59 Å². The molecule has 7 heteroatoms. The standard InChI is InChI=1S/C22H28O6Si/c1-25-20(23)18-16-11-12-22(19(18)21(24)26-2,13-17(16)28-29(3,4)5)27-14-15-9-7-6-8-10-15/h6-10,13,16H,11-12,14H2,1-5H3. The maximum atomic E-state index is 12.8. The molecular formula is C22H28O6Si. The summed E-state index contributed by atoms with van der Waals surface area (Å²) >= 11 is 0. The Kier molecular flexibility index (Phi) is 6.00. The van der Waals surface area contributed by atoms with E-state index in [1.807, 2.05) is 36.4 Å². The van der Waals surface area contributed by atoms with Crippen molar-refractivity contribution < 1.29 is 28.2 Å². The Hall–Kier alpha value is -2.38. The first kappa shape index (κ1) is 21.3. The van der Waals surface area contributed by atoms with Gasteiger partial charge < -0.3 is 18.6 Å². The summed E-state index contributed by atoms with van der Waals surface area (Å²) in [4.78, 5) is 25.5. The normalized spacial score (nSPS) is 23.5. The molecule has 4 rings (SSSR count). The van der Waals surface area contributed by atoms with Crippen LogP contribution in [0.1, 0.15) is 18.4 Å². The van der Waals surface area contributed by atoms with Crippen molar-refractivity contribution in [3.63, 3.8) is 0 Å². The van der Waals surface area contributed by atoms with Gasteiger partial charge in [-0.05, 0) is 44.1 Å². The fraction of sp³-hybridized carbons (Fsp3) is 0.455. The number of carbonyl (C=O) groups excluding carboxylic acids is 2. The van der Waals surface area contributed by atoms with Crippen molar-refractivity contribution >= 4 is 20.3 Å². The molecular weight excluding hydrogens is 388 g/mol. The van der Waals surface area contributed by atoms with Crippen molar-refractivity contribution in [2.45, 2.75) is 44.7 Å². The van der Waals surface area contributed by atoms with Gasteiger partial charge in [-0.25, -0.2) is 9.59 Å². The van der Waals surface area contributed by atoms with E-state index in [2.05, 4.69) is 19.6 Å². The smallest absolute Gasteiger partial charge is 0.337 e. The van der Waals surface area contributed by atoms with Crippen LogP contribution < -0.4 is 0 Å². The van der Waals surface area contributed by atoms with Crippen molar-refractivity contribution in [1.29, 1.82) is 0 Å². The van der Waals surface area contributed by atoms with Crippen LogP contribution in [-0.2, 0) is 34.8 Å². The lowest BCUT2D eigenvalue weighted by Gasteiger charge is -2.46. The van der Waals surface area contributed by atoms with Crippen LogP contribution in [0.25, 0.3) is 0 Å². The lowest BCUT2D eigenvalue weighted by Crippen LogP contribution is -2.49. The van der Waals surface area contributed by atoms with Crippen molar-refractivity contribution in [2.24, 2.45) is 5.92 Å². The summed E-state index contributed by atoms with van der Waals surface area (Å²) in [6.07, 6.45) is 3.07. The summed E-state index contributed by atoms with van der Waals surface area (Å²) in [6.45, 7) is 6.53. The van der Waals surface area contributed by atoms with Crippen LogP contribution in [0.4, 0.5) is 0 Å². The third-order valence-corrected chi connectivity index (χ3v) is 5.97. The van der Waals surface area contributed by atoms with E-state index in [0.29, 0.717) is 18.6 Å². The van der Waals surface area contributed by atoms with Gasteiger partial charge in [-0.3, -0.25) is 0 Å². The van der Waals surface area contributed by atoms with Crippen molar-refractivity contribution in [2.75, 3.05) is 14.2 Å². The van der Waals surface area contributed by atoms with Gasteiger partial charge in [0.1, 0.15) is 5.60 Å². The van der Waals surface area contributed by atoms with Gasteiger partial charge in [0, 0.05) is 5.92 Å². The highest BCUT2D eigenvalue weighted by Gasteiger charge is 2.53. The number of fused-ring (bicyclic) bond motifs is 1. The zero-order valence-corrected chi connectivity index (χ0v) is 18.6. The summed E-state index contributed by atoms with van der Waals surface area (Å²) in [5, 5.41) is 0. The van der Waals surface area contributed by atoms with Crippen molar-refractivity contribution in [3.05, 3.63) is 58.9 Å². The van der Waals surface area contributed by atoms with Crippen molar-refractivity contribution in [3.8, 4) is 0 Å². The Bertz CT molecular complexity index is 852. The average Bonchev–Trinajstić information content (AvgIpc) is 2.70. The molecule has 156 valence electrons. The maximum absolute atomic E-state index is 12.8. The van der Waals surface area contributed by atoms with E-state index < -0.39 is 25.9 Å². The Morgan fingerprint density at radius 2 is 1.72 bits per heavy atom. The molecule has 0 saturated heterocycles. The number of esters is 2. The highest BCUT2D eigenvalue weighted by Crippen LogP contribution is 2.51. The fourth-order valence-electron chi connectivity index (χ4n) is 3.96. The van der Waals surface area contributed by atoms with Crippen LogP contribution >= 0.6 is 0 Å². The van der Waals surface area contributed by atoms with E-state index in [4.69, 9.17) is 18.6 Å². The largest absolute Gasteiger partial charge is 0.547 e. The van der Waals surface area contributed by atoms with Gasteiger partial charge >= 0.3 is 11.9 Å². The summed E-state index contributed by atoms with van der Waals surface area (Å²) in [6, 6.07) is 9.71. The molecule has 0 radical (unpaired) electrons. The van der Waals surface area contributed by atoms with Crippen LogP contribution in [0, 0.1) is 5.92 Å². The first-order valence-electron chi connectivity index (χ1n) is 9.71. The minimum absolute atomic E-state index is 0.224. The molecule has 0 heterocycles. The number of methoxy groups -OCH3 is 2. The third-order valence-electron chi connectivity index (χ3n) is 5.12. The maximum Gasteiger partial charge on any atom is 0.337 e. The van der Waals surface area contributed by atoms with Gasteiger partial charge in [0.25, 0.3) is 0 Å². The van der Waals surface area contributed by atoms with Gasteiger partial charge in [-0.1, -0.05) is 30.3 Å². The molecule has 0 spiro atoms. The first-order chi connectivity index (χ1) is 13.7. The zero-order valence-electron chi connectivity index (χ0n) is 17.6. The second-order valence-electron chi connectivity index (χ2n) is 8.29. The molecule has 1 aromatic carbocycles. The number of benzene rings is 1. The number of allylic oxidation sites excluding steroid dienone is 1. The molecule has 3 aliphatic rings. The highest BCUT2D eigenvalue weighted by atomic mass is 28.4. The summed E-state index contributed by atoms with van der Waals surface area (Å²) in [5.41, 5.74) is 0.395. The number of carbonyl (C=O) groups is 2. The van der Waals surface area contributed by atoms with Crippen LogP contribution in [0.3, 0.4) is 0 Å². The zero-order chi connectivity index (χ0) is 21.2. The molecule has 0 aromatic heterocycles. The fourth-order valence-corrected chi connectivity index (χ4v) is 4.86. The van der Waals surface area contributed by atoms with Crippen molar-refractivity contribution in [1.82, 2.24) is 0 Å². The molecule has 6 nitrogen and oxygen atoms in total. The molecule has 29 heavy (non-hydrogen) atoms. The quantitative estimate of drug-likeness (QED) is 0.498. The summed E-state index contributed by atoms with van der Waals surface area (Å²) in [7, 11) is 0.670. The summed E-state index contributed by atoms with van der Waals surface area (Å²) in [5.74, 6) is -0.763. The van der Waals surface area contributed by atoms with Gasteiger partial charge in [-0.15, -0.1) is 0 Å². The lowest BCUT2D eigenvalue weighted by atomic mass is 9.67. The second-order valence-corrected chi connectivity index (χ2v) is 12.7. The molecule has 0 aliphatic heterocycles. The van der Waals surface area contributed by atoms with Crippen LogP contribution in [-0.4, -0.2) is 40.1 Å². The average molecular weight is 417 g/mol. The van der Waals surface area contributed by atoms with Gasteiger partial charge in [0.2, 0.25) is 8.32 Å². The van der Waals surface area contributed by atoms with E-state index >= 15 is 0 Å². The Labute approximate surface area is 172 Å². The Morgan fingerprint density at radius 1 is 1.07 bits per heavy atom. The topological polar surface area (TPSA) is 71.1 Å². The third kappa shape index (κ3) is 4.30. The monoisotopic (exact) mass is 416 g/mol. The molecule has 1 aromatic rings. The highest BCUT2D eigenvalue weighted by molar-refractivity contribution is 6.70. The van der Waals surface area contributed by atoms with E-state index in [-0.39, 0.29) is 23.7 Å². The van der Waals surface area contributed by atoms with Crippen LogP contribution in [0.15, 0.2) is 53.3 Å². The minimum atomic E-state index is -1.95. The first-order valence-corrected chi connectivity index (χ1v) is 13.1. The molecule has 2 atom stereocenters. The SMILES string of the molecule is COC(=O)C1=C(C(=O)OC)C2(OCc3ccccc3)C=C(O[Si](C)(C)C)C1CC2. The van der Waals surface area contributed by atoms with Crippen LogP contribution in [0.5, 0.6) is 0 Å². The second kappa shape index (κ2) is 8.16. The van der Waals surface area contributed by atoms with E-state index in [1.54, 1.807) is 0 Å². The summed E-state index contributed by atoms with van der Waals surface area (Å²) < 4.78 is 22.7. The number of rotatable bonds is 7. The molecule has 0 amide bonds. The Morgan fingerprint density at radius 3 is 2.31 bits per heavy atom. The predicted molar refractivity (Wildman–Crippen MR) is 110 cm³/mol. The van der Waals surface area contributed by atoms with E-state index in [0.717, 1.165) is 5.56 Å². The number of hydrogen-bond acceptors (Lipinski definition) is 6. The molecule has 0 saturated carbocycles. The Balaban J connectivity index is 2.09. The minimum Gasteiger partial charge on any atom is -0.547 e.